The lowest BCUT2D eigenvalue weighted by Gasteiger charge is -2.15. The quantitative estimate of drug-likeness (QED) is 0.841. The van der Waals surface area contributed by atoms with Crippen LogP contribution in [0.2, 0.25) is 5.02 Å². The topological polar surface area (TPSA) is 59.1 Å². The fraction of sp³-hybridized carbons (Fsp3) is 0.412. The molecule has 0 saturated heterocycles. The number of hydrogen-bond donors (Lipinski definition) is 2. The van der Waals surface area contributed by atoms with E-state index in [1.54, 1.807) is 19.5 Å². The number of rotatable bonds is 5. The Morgan fingerprint density at radius 2 is 1.87 bits per heavy atom. The average molecular weight is 333 g/mol. The fourth-order valence-electron chi connectivity index (χ4n) is 2.85. The molecule has 1 fully saturated rings. The second kappa shape index (κ2) is 7.04. The van der Waals surface area contributed by atoms with Crippen molar-refractivity contribution in [2.24, 2.45) is 0 Å². The van der Waals surface area contributed by atoms with Crippen molar-refractivity contribution in [3.05, 3.63) is 35.1 Å². The Kier molecular flexibility index (Phi) is 4.86. The molecule has 23 heavy (non-hydrogen) atoms. The van der Waals surface area contributed by atoms with E-state index in [0.717, 1.165) is 22.9 Å². The zero-order valence-electron chi connectivity index (χ0n) is 13.4. The van der Waals surface area contributed by atoms with Crippen molar-refractivity contribution in [3.63, 3.8) is 0 Å². The number of benzene rings is 1. The standard InChI is InChI=1S/C17H21ClN4O/c1-11-7-14(15(23-2)8-13(11)18)22-17-9-16(19-10-20-17)21-12-5-3-4-6-12/h7-10,12H,3-6H2,1-2H3,(H2,19,20,21,22). The third-order valence-electron chi connectivity index (χ3n) is 4.12. The molecular formula is C17H21ClN4O. The molecule has 1 aliphatic carbocycles. The van der Waals surface area contributed by atoms with Gasteiger partial charge in [0.2, 0.25) is 0 Å². The molecule has 2 N–H and O–H groups in total. The number of anilines is 3. The molecule has 0 aliphatic heterocycles. The van der Waals surface area contributed by atoms with Gasteiger partial charge in [-0.25, -0.2) is 9.97 Å². The average Bonchev–Trinajstić information content (AvgIpc) is 3.04. The molecule has 5 nitrogen and oxygen atoms in total. The van der Waals surface area contributed by atoms with E-state index >= 15 is 0 Å². The van der Waals surface area contributed by atoms with Crippen molar-refractivity contribution in [2.45, 2.75) is 38.6 Å². The van der Waals surface area contributed by atoms with Crippen LogP contribution in [0.5, 0.6) is 5.75 Å². The maximum absolute atomic E-state index is 6.14. The zero-order valence-corrected chi connectivity index (χ0v) is 14.2. The van der Waals surface area contributed by atoms with Crippen molar-refractivity contribution in [1.29, 1.82) is 0 Å². The summed E-state index contributed by atoms with van der Waals surface area (Å²) >= 11 is 6.14. The first-order valence-electron chi connectivity index (χ1n) is 7.85. The molecular weight excluding hydrogens is 312 g/mol. The van der Waals surface area contributed by atoms with Gasteiger partial charge < -0.3 is 15.4 Å². The highest BCUT2D eigenvalue weighted by Crippen LogP contribution is 2.33. The van der Waals surface area contributed by atoms with E-state index in [1.807, 2.05) is 19.1 Å². The molecule has 1 aromatic heterocycles. The molecule has 1 heterocycles. The van der Waals surface area contributed by atoms with Gasteiger partial charge in [-0.1, -0.05) is 24.4 Å². The van der Waals surface area contributed by atoms with Gasteiger partial charge in [-0.05, 0) is 31.4 Å². The molecule has 0 unspecified atom stereocenters. The Morgan fingerprint density at radius 3 is 2.61 bits per heavy atom. The maximum atomic E-state index is 6.14. The predicted octanol–water partition coefficient (Wildman–Crippen LogP) is 4.55. The van der Waals surface area contributed by atoms with Crippen LogP contribution in [-0.4, -0.2) is 23.1 Å². The van der Waals surface area contributed by atoms with E-state index in [-0.39, 0.29) is 0 Å². The van der Waals surface area contributed by atoms with Crippen LogP contribution in [0.4, 0.5) is 17.3 Å². The number of methoxy groups -OCH3 is 1. The SMILES string of the molecule is COc1cc(Cl)c(C)cc1Nc1cc(NC2CCCC2)ncn1. The summed E-state index contributed by atoms with van der Waals surface area (Å²) < 4.78 is 5.39. The van der Waals surface area contributed by atoms with Crippen molar-refractivity contribution >= 4 is 28.9 Å². The van der Waals surface area contributed by atoms with E-state index in [9.17, 15) is 0 Å². The molecule has 0 atom stereocenters. The van der Waals surface area contributed by atoms with Gasteiger partial charge in [0.15, 0.2) is 0 Å². The highest BCUT2D eigenvalue weighted by atomic mass is 35.5. The van der Waals surface area contributed by atoms with E-state index in [1.165, 1.54) is 25.7 Å². The summed E-state index contributed by atoms with van der Waals surface area (Å²) in [5.74, 6) is 2.25. The predicted molar refractivity (Wildman–Crippen MR) is 93.9 cm³/mol. The van der Waals surface area contributed by atoms with Gasteiger partial charge in [-0.15, -0.1) is 0 Å². The third kappa shape index (κ3) is 3.85. The number of hydrogen-bond acceptors (Lipinski definition) is 5. The van der Waals surface area contributed by atoms with Crippen molar-refractivity contribution < 1.29 is 4.74 Å². The van der Waals surface area contributed by atoms with Crippen LogP contribution < -0.4 is 15.4 Å². The maximum Gasteiger partial charge on any atom is 0.143 e. The van der Waals surface area contributed by atoms with E-state index in [0.29, 0.717) is 16.8 Å². The normalized spacial score (nSPS) is 14.7. The Morgan fingerprint density at radius 1 is 1.13 bits per heavy atom. The fourth-order valence-corrected chi connectivity index (χ4v) is 3.01. The molecule has 3 rings (SSSR count). The lowest BCUT2D eigenvalue weighted by Crippen LogP contribution is -2.15. The molecule has 0 bridgehead atoms. The van der Waals surface area contributed by atoms with Crippen molar-refractivity contribution in [3.8, 4) is 5.75 Å². The summed E-state index contributed by atoms with van der Waals surface area (Å²) in [6, 6.07) is 6.19. The van der Waals surface area contributed by atoms with E-state index in [2.05, 4.69) is 20.6 Å². The van der Waals surface area contributed by atoms with Crippen LogP contribution in [0.3, 0.4) is 0 Å². The smallest absolute Gasteiger partial charge is 0.143 e. The van der Waals surface area contributed by atoms with Gasteiger partial charge in [-0.3, -0.25) is 0 Å². The van der Waals surface area contributed by atoms with Crippen LogP contribution in [0.15, 0.2) is 24.5 Å². The molecule has 6 heteroatoms. The molecule has 122 valence electrons. The zero-order chi connectivity index (χ0) is 16.2. The van der Waals surface area contributed by atoms with Crippen LogP contribution in [0.1, 0.15) is 31.2 Å². The van der Waals surface area contributed by atoms with Crippen molar-refractivity contribution in [1.82, 2.24) is 9.97 Å². The number of halogens is 1. The second-order valence-corrected chi connectivity index (χ2v) is 6.25. The summed E-state index contributed by atoms with van der Waals surface area (Å²) in [5.41, 5.74) is 1.81. The molecule has 1 aromatic carbocycles. The molecule has 1 aliphatic rings. The first-order valence-corrected chi connectivity index (χ1v) is 8.23. The van der Waals surface area contributed by atoms with E-state index < -0.39 is 0 Å². The Labute approximate surface area is 141 Å². The minimum Gasteiger partial charge on any atom is -0.495 e. The summed E-state index contributed by atoms with van der Waals surface area (Å²) in [5, 5.41) is 7.43. The monoisotopic (exact) mass is 332 g/mol. The number of aromatic nitrogens is 2. The minimum atomic E-state index is 0.519. The molecule has 0 radical (unpaired) electrons. The number of aryl methyl sites for hydroxylation is 1. The molecule has 0 spiro atoms. The van der Waals surface area contributed by atoms with Crippen LogP contribution >= 0.6 is 11.6 Å². The summed E-state index contributed by atoms with van der Waals surface area (Å²) in [6.45, 7) is 1.96. The molecule has 2 aromatic rings. The Hall–Kier alpha value is -2.01. The highest BCUT2D eigenvalue weighted by molar-refractivity contribution is 6.31. The first-order chi connectivity index (χ1) is 11.2. The summed E-state index contributed by atoms with van der Waals surface area (Å²) in [7, 11) is 1.62. The van der Waals surface area contributed by atoms with Gasteiger partial charge in [-0.2, -0.15) is 0 Å². The van der Waals surface area contributed by atoms with E-state index in [4.69, 9.17) is 16.3 Å². The second-order valence-electron chi connectivity index (χ2n) is 5.84. The number of nitrogens with zero attached hydrogens (tertiary/aromatic N) is 2. The molecule has 0 amide bonds. The third-order valence-corrected chi connectivity index (χ3v) is 4.52. The Bertz CT molecular complexity index is 686. The van der Waals surface area contributed by atoms with Crippen LogP contribution in [0, 0.1) is 6.92 Å². The molecule has 1 saturated carbocycles. The van der Waals surface area contributed by atoms with Crippen LogP contribution in [0.25, 0.3) is 0 Å². The van der Waals surface area contributed by atoms with Gasteiger partial charge >= 0.3 is 0 Å². The first kappa shape index (κ1) is 15.9. The number of ether oxygens (including phenoxy) is 1. The van der Waals surface area contributed by atoms with Crippen LogP contribution in [-0.2, 0) is 0 Å². The number of nitrogens with one attached hydrogen (secondary N) is 2. The van der Waals surface area contributed by atoms with Gasteiger partial charge in [0.05, 0.1) is 12.8 Å². The Balaban J connectivity index is 1.78. The lowest BCUT2D eigenvalue weighted by atomic mass is 10.2. The van der Waals surface area contributed by atoms with Gasteiger partial charge in [0, 0.05) is 23.2 Å². The lowest BCUT2D eigenvalue weighted by molar-refractivity contribution is 0.416. The summed E-state index contributed by atoms with van der Waals surface area (Å²) in [4.78, 5) is 8.59. The minimum absolute atomic E-state index is 0.519. The largest absolute Gasteiger partial charge is 0.495 e. The van der Waals surface area contributed by atoms with Crippen molar-refractivity contribution in [2.75, 3.05) is 17.7 Å². The highest BCUT2D eigenvalue weighted by Gasteiger charge is 2.15. The van der Waals surface area contributed by atoms with Gasteiger partial charge in [0.1, 0.15) is 23.7 Å². The summed E-state index contributed by atoms with van der Waals surface area (Å²) in [6.07, 6.45) is 6.55. The van der Waals surface area contributed by atoms with Gasteiger partial charge in [0.25, 0.3) is 0 Å².